The number of aromatic nitrogens is 2. The van der Waals surface area contributed by atoms with Crippen LogP contribution in [0, 0.1) is 0 Å². The van der Waals surface area contributed by atoms with Gasteiger partial charge in [-0.2, -0.15) is 0 Å². The Balaban J connectivity index is 2.91. The summed E-state index contributed by atoms with van der Waals surface area (Å²) in [5.41, 5.74) is 0.415. The predicted molar refractivity (Wildman–Crippen MR) is 64.5 cm³/mol. The lowest BCUT2D eigenvalue weighted by Gasteiger charge is -2.20. The minimum Gasteiger partial charge on any atom is -0.478 e. The number of rotatable bonds is 1. The van der Waals surface area contributed by atoms with Crippen LogP contribution >= 0.6 is 0 Å². The van der Waals surface area contributed by atoms with Crippen molar-refractivity contribution in [3.05, 3.63) is 34.2 Å². The van der Waals surface area contributed by atoms with E-state index < -0.39 is 11.5 Å². The zero-order chi connectivity index (χ0) is 12.8. The number of carbonyl (C=O) groups is 1. The Morgan fingerprint density at radius 1 is 1.35 bits per heavy atom. The van der Waals surface area contributed by atoms with Crippen molar-refractivity contribution in [3.63, 3.8) is 0 Å². The molecule has 0 aliphatic rings. The molecule has 0 radical (unpaired) electrons. The van der Waals surface area contributed by atoms with E-state index >= 15 is 0 Å². The van der Waals surface area contributed by atoms with Gasteiger partial charge in [0.2, 0.25) is 0 Å². The highest BCUT2D eigenvalue weighted by Crippen LogP contribution is 2.21. The van der Waals surface area contributed by atoms with Gasteiger partial charge in [-0.05, 0) is 32.9 Å². The molecule has 2 aromatic rings. The highest BCUT2D eigenvalue weighted by Gasteiger charge is 2.21. The molecule has 0 aliphatic heterocycles. The number of fused-ring (bicyclic) bond motifs is 1. The van der Waals surface area contributed by atoms with Gasteiger partial charge in [0.1, 0.15) is 0 Å². The predicted octanol–water partition coefficient (Wildman–Crippen LogP) is 1.78. The number of benzene rings is 1. The highest BCUT2D eigenvalue weighted by molar-refractivity contribution is 6.00. The average molecular weight is 234 g/mol. The summed E-state index contributed by atoms with van der Waals surface area (Å²) in [7, 11) is 0. The second kappa shape index (κ2) is 3.48. The summed E-state index contributed by atoms with van der Waals surface area (Å²) >= 11 is 0. The molecule has 1 aromatic heterocycles. The monoisotopic (exact) mass is 234 g/mol. The van der Waals surface area contributed by atoms with Gasteiger partial charge in [0, 0.05) is 5.54 Å². The molecule has 1 heterocycles. The lowest BCUT2D eigenvalue weighted by Crippen LogP contribution is -2.31. The Morgan fingerprint density at radius 2 is 2.00 bits per heavy atom. The number of hydrogen-bond acceptors (Lipinski definition) is 2. The number of carboxylic acid groups (broad SMARTS) is 1. The van der Waals surface area contributed by atoms with Crippen molar-refractivity contribution in [2.45, 2.75) is 26.3 Å². The first-order valence-electron chi connectivity index (χ1n) is 5.30. The van der Waals surface area contributed by atoms with Crippen molar-refractivity contribution in [1.29, 1.82) is 0 Å². The second-order valence-corrected chi connectivity index (χ2v) is 4.94. The molecular formula is C12H14N2O3. The van der Waals surface area contributed by atoms with Gasteiger partial charge < -0.3 is 10.1 Å². The van der Waals surface area contributed by atoms with Crippen molar-refractivity contribution >= 4 is 17.0 Å². The van der Waals surface area contributed by atoms with Gasteiger partial charge in [-0.15, -0.1) is 0 Å². The first kappa shape index (κ1) is 11.4. The van der Waals surface area contributed by atoms with E-state index in [1.807, 2.05) is 20.8 Å². The Morgan fingerprint density at radius 3 is 2.53 bits per heavy atom. The third-order valence-electron chi connectivity index (χ3n) is 2.62. The lowest BCUT2D eigenvalue weighted by atomic mass is 10.1. The van der Waals surface area contributed by atoms with Crippen LogP contribution in [0.25, 0.3) is 11.0 Å². The van der Waals surface area contributed by atoms with Crippen LogP contribution in [0.4, 0.5) is 0 Å². The van der Waals surface area contributed by atoms with Crippen molar-refractivity contribution in [2.75, 3.05) is 0 Å². The van der Waals surface area contributed by atoms with Gasteiger partial charge in [0.15, 0.2) is 0 Å². The SMILES string of the molecule is CC(C)(C)n1c(=O)[nH]c2c(C(=O)O)cccc21. The first-order valence-corrected chi connectivity index (χ1v) is 5.30. The van der Waals surface area contributed by atoms with Crippen molar-refractivity contribution in [3.8, 4) is 0 Å². The van der Waals surface area contributed by atoms with Gasteiger partial charge in [0.25, 0.3) is 0 Å². The number of imidazole rings is 1. The number of aromatic amines is 1. The van der Waals surface area contributed by atoms with Gasteiger partial charge in [-0.25, -0.2) is 9.59 Å². The molecular weight excluding hydrogens is 220 g/mol. The molecule has 2 N–H and O–H groups in total. The number of nitrogens with one attached hydrogen (secondary N) is 1. The van der Waals surface area contributed by atoms with E-state index in [0.717, 1.165) is 0 Å². The van der Waals surface area contributed by atoms with E-state index in [-0.39, 0.29) is 11.3 Å². The van der Waals surface area contributed by atoms with Crippen LogP contribution < -0.4 is 5.69 Å². The smallest absolute Gasteiger partial charge is 0.337 e. The van der Waals surface area contributed by atoms with Crippen LogP contribution in [0.15, 0.2) is 23.0 Å². The van der Waals surface area contributed by atoms with Crippen LogP contribution in [0.3, 0.4) is 0 Å². The van der Waals surface area contributed by atoms with Crippen molar-refractivity contribution < 1.29 is 9.90 Å². The molecule has 17 heavy (non-hydrogen) atoms. The summed E-state index contributed by atoms with van der Waals surface area (Å²) in [5, 5.41) is 9.05. The molecule has 0 atom stereocenters. The fraction of sp³-hybridized carbons (Fsp3) is 0.333. The van der Waals surface area contributed by atoms with E-state index in [9.17, 15) is 9.59 Å². The summed E-state index contributed by atoms with van der Waals surface area (Å²) in [4.78, 5) is 25.5. The Hall–Kier alpha value is -2.04. The summed E-state index contributed by atoms with van der Waals surface area (Å²) in [6.07, 6.45) is 0. The van der Waals surface area contributed by atoms with Crippen LogP contribution in [0.2, 0.25) is 0 Å². The van der Waals surface area contributed by atoms with Crippen molar-refractivity contribution in [1.82, 2.24) is 9.55 Å². The molecule has 2 rings (SSSR count). The third-order valence-corrected chi connectivity index (χ3v) is 2.62. The van der Waals surface area contributed by atoms with Gasteiger partial charge in [-0.3, -0.25) is 4.57 Å². The first-order chi connectivity index (χ1) is 7.82. The number of carboxylic acids is 1. The largest absolute Gasteiger partial charge is 0.478 e. The van der Waals surface area contributed by atoms with Crippen LogP contribution in [-0.4, -0.2) is 20.6 Å². The van der Waals surface area contributed by atoms with Gasteiger partial charge >= 0.3 is 11.7 Å². The fourth-order valence-electron chi connectivity index (χ4n) is 1.97. The number of hydrogen-bond donors (Lipinski definition) is 2. The minimum absolute atomic E-state index is 0.114. The molecule has 0 saturated carbocycles. The lowest BCUT2D eigenvalue weighted by molar-refractivity contribution is 0.0699. The molecule has 5 heteroatoms. The Labute approximate surface area is 97.7 Å². The average Bonchev–Trinajstić information content (AvgIpc) is 2.51. The molecule has 0 spiro atoms. The third kappa shape index (κ3) is 1.73. The second-order valence-electron chi connectivity index (χ2n) is 4.94. The van der Waals surface area contributed by atoms with Gasteiger partial charge in [-0.1, -0.05) is 6.07 Å². The molecule has 5 nitrogen and oxygen atoms in total. The van der Waals surface area contributed by atoms with Crippen molar-refractivity contribution in [2.24, 2.45) is 0 Å². The maximum atomic E-state index is 11.9. The standard InChI is InChI=1S/C12H14N2O3/c1-12(2,3)14-8-6-4-5-7(10(15)16)9(8)13-11(14)17/h4-6H,1-3H3,(H,13,17)(H,15,16). The highest BCUT2D eigenvalue weighted by atomic mass is 16.4. The molecule has 0 unspecified atom stereocenters. The molecule has 0 saturated heterocycles. The van der Waals surface area contributed by atoms with E-state index in [2.05, 4.69) is 4.98 Å². The van der Waals surface area contributed by atoms with E-state index in [1.165, 1.54) is 6.07 Å². The zero-order valence-electron chi connectivity index (χ0n) is 9.94. The minimum atomic E-state index is -1.04. The quantitative estimate of drug-likeness (QED) is 0.789. The maximum absolute atomic E-state index is 11.9. The molecule has 0 fully saturated rings. The Kier molecular flexibility index (Phi) is 2.34. The maximum Gasteiger partial charge on any atom is 0.337 e. The fourth-order valence-corrected chi connectivity index (χ4v) is 1.97. The van der Waals surface area contributed by atoms with Crippen LogP contribution in [-0.2, 0) is 5.54 Å². The summed E-state index contributed by atoms with van der Waals surface area (Å²) in [6, 6.07) is 4.86. The number of para-hydroxylation sites is 1. The zero-order valence-corrected chi connectivity index (χ0v) is 9.94. The number of H-pyrrole nitrogens is 1. The van der Waals surface area contributed by atoms with Crippen LogP contribution in [0.1, 0.15) is 31.1 Å². The molecule has 0 bridgehead atoms. The van der Waals surface area contributed by atoms with E-state index in [1.54, 1.807) is 16.7 Å². The van der Waals surface area contributed by atoms with E-state index in [0.29, 0.717) is 11.0 Å². The summed E-state index contributed by atoms with van der Waals surface area (Å²) < 4.78 is 1.56. The topological polar surface area (TPSA) is 75.1 Å². The Bertz CT molecular complexity index is 644. The summed E-state index contributed by atoms with van der Waals surface area (Å²) in [5.74, 6) is -1.04. The number of aromatic carboxylic acids is 1. The van der Waals surface area contributed by atoms with Crippen LogP contribution in [0.5, 0.6) is 0 Å². The molecule has 1 aromatic carbocycles. The molecule has 0 amide bonds. The normalized spacial score (nSPS) is 11.9. The summed E-state index contributed by atoms with van der Waals surface area (Å²) in [6.45, 7) is 5.69. The number of nitrogens with zero attached hydrogens (tertiary/aromatic N) is 1. The van der Waals surface area contributed by atoms with E-state index in [4.69, 9.17) is 5.11 Å². The molecule has 0 aliphatic carbocycles. The molecule has 90 valence electrons. The van der Waals surface area contributed by atoms with Gasteiger partial charge in [0.05, 0.1) is 16.6 Å².